The molecule has 0 fully saturated rings. The molecule has 0 bridgehead atoms. The van der Waals surface area contributed by atoms with Gasteiger partial charge in [0.05, 0.1) is 5.41 Å². The molecule has 1 heterocycles. The normalized spacial score (nSPS) is 13.0. The molecule has 0 saturated heterocycles. The monoisotopic (exact) mass is 751 g/mol. The number of hydrogen-bond donors (Lipinski definition) is 0. The summed E-state index contributed by atoms with van der Waals surface area (Å²) >= 11 is 0. The number of hydrogen-bond acceptors (Lipinski definition) is 2. The lowest BCUT2D eigenvalue weighted by Crippen LogP contribution is -2.32. The van der Waals surface area contributed by atoms with Gasteiger partial charge in [0.25, 0.3) is 0 Å². The summed E-state index contributed by atoms with van der Waals surface area (Å²) in [6.45, 7) is 0. The van der Waals surface area contributed by atoms with E-state index in [1.54, 1.807) is 0 Å². The zero-order valence-corrected chi connectivity index (χ0v) is 32.2. The summed E-state index contributed by atoms with van der Waals surface area (Å²) in [6.07, 6.45) is 0. The third-order valence-electron chi connectivity index (χ3n) is 12.5. The summed E-state index contributed by atoms with van der Waals surface area (Å²) in [7, 11) is 0. The molecule has 0 saturated carbocycles. The van der Waals surface area contributed by atoms with Crippen molar-refractivity contribution in [2.75, 3.05) is 4.90 Å². The van der Waals surface area contributed by atoms with Crippen LogP contribution in [0.1, 0.15) is 22.3 Å². The minimum atomic E-state index is -0.520. The van der Waals surface area contributed by atoms with E-state index in [2.05, 4.69) is 229 Å². The van der Waals surface area contributed by atoms with Crippen molar-refractivity contribution in [2.45, 2.75) is 5.41 Å². The van der Waals surface area contributed by atoms with Gasteiger partial charge in [0.15, 0.2) is 0 Å². The molecule has 10 aromatic carbocycles. The Hall–Kier alpha value is -7.68. The van der Waals surface area contributed by atoms with Gasteiger partial charge in [-0.25, -0.2) is 0 Å². The van der Waals surface area contributed by atoms with E-state index >= 15 is 0 Å². The zero-order valence-electron chi connectivity index (χ0n) is 32.2. The van der Waals surface area contributed by atoms with Gasteiger partial charge in [-0.1, -0.05) is 170 Å². The molecule has 2 heteroatoms. The van der Waals surface area contributed by atoms with Crippen molar-refractivity contribution in [3.05, 3.63) is 247 Å². The van der Waals surface area contributed by atoms with Crippen molar-refractivity contribution in [3.8, 4) is 44.9 Å². The molecule has 276 valence electrons. The minimum Gasteiger partial charge on any atom is -0.457 e. The number of para-hydroxylation sites is 2. The maximum atomic E-state index is 6.61. The lowest BCUT2D eigenvalue weighted by molar-refractivity contribution is 0.436. The number of rotatable bonds is 5. The summed E-state index contributed by atoms with van der Waals surface area (Å²) < 4.78 is 6.61. The van der Waals surface area contributed by atoms with Crippen molar-refractivity contribution in [1.29, 1.82) is 0 Å². The van der Waals surface area contributed by atoms with Gasteiger partial charge in [-0.3, -0.25) is 0 Å². The van der Waals surface area contributed by atoms with Crippen LogP contribution in [0.2, 0.25) is 0 Å². The Morgan fingerprint density at radius 2 is 0.831 bits per heavy atom. The van der Waals surface area contributed by atoms with Crippen LogP contribution in [0.5, 0.6) is 11.5 Å². The molecule has 0 atom stereocenters. The van der Waals surface area contributed by atoms with Gasteiger partial charge in [0.2, 0.25) is 0 Å². The third-order valence-corrected chi connectivity index (χ3v) is 12.5. The van der Waals surface area contributed by atoms with E-state index in [9.17, 15) is 0 Å². The average molecular weight is 752 g/mol. The number of anilines is 3. The highest BCUT2D eigenvalue weighted by Gasteiger charge is 2.51. The molecule has 1 spiro atoms. The third kappa shape index (κ3) is 5.13. The zero-order chi connectivity index (χ0) is 38.9. The van der Waals surface area contributed by atoms with Gasteiger partial charge < -0.3 is 9.64 Å². The van der Waals surface area contributed by atoms with E-state index < -0.39 is 5.41 Å². The molecule has 12 rings (SSSR count). The smallest absolute Gasteiger partial charge is 0.132 e. The van der Waals surface area contributed by atoms with Crippen LogP contribution in [-0.2, 0) is 5.41 Å². The Bertz CT molecular complexity index is 3230. The van der Waals surface area contributed by atoms with Gasteiger partial charge in [0.1, 0.15) is 11.5 Å². The second-order valence-electron chi connectivity index (χ2n) is 15.6. The van der Waals surface area contributed by atoms with E-state index in [0.717, 1.165) is 28.6 Å². The van der Waals surface area contributed by atoms with Crippen molar-refractivity contribution in [1.82, 2.24) is 0 Å². The fourth-order valence-electron chi connectivity index (χ4n) is 9.90. The summed E-state index contributed by atoms with van der Waals surface area (Å²) in [5.74, 6) is 1.80. The first-order valence-electron chi connectivity index (χ1n) is 20.3. The topological polar surface area (TPSA) is 12.5 Å². The van der Waals surface area contributed by atoms with E-state index in [-0.39, 0.29) is 0 Å². The molecule has 0 radical (unpaired) electrons. The maximum absolute atomic E-state index is 6.61. The summed E-state index contributed by atoms with van der Waals surface area (Å²) in [5, 5.41) is 4.84. The van der Waals surface area contributed by atoms with Crippen LogP contribution >= 0.6 is 0 Å². The van der Waals surface area contributed by atoms with Crippen LogP contribution in [0.3, 0.4) is 0 Å². The SMILES string of the molecule is c1ccc(-c2ccc3cc(N(c4cccc(-c5cccc6c5-c5ccccc5C65c6ccccc6Oc6ccccc65)c4)c4ccc5ccccc5c4)ccc3c2)cc1. The van der Waals surface area contributed by atoms with Crippen molar-refractivity contribution >= 4 is 38.6 Å². The predicted octanol–water partition coefficient (Wildman–Crippen LogP) is 15.3. The highest BCUT2D eigenvalue weighted by Crippen LogP contribution is 2.63. The maximum Gasteiger partial charge on any atom is 0.132 e. The Balaban J connectivity index is 1.05. The van der Waals surface area contributed by atoms with E-state index in [1.807, 2.05) is 0 Å². The number of ether oxygens (including phenoxy) is 1. The minimum absolute atomic E-state index is 0.520. The van der Waals surface area contributed by atoms with Crippen molar-refractivity contribution < 1.29 is 4.74 Å². The first kappa shape index (κ1) is 33.5. The quantitative estimate of drug-likeness (QED) is 0.174. The first-order valence-corrected chi connectivity index (χ1v) is 20.3. The molecule has 10 aromatic rings. The second kappa shape index (κ2) is 13.2. The number of benzene rings is 10. The van der Waals surface area contributed by atoms with Crippen LogP contribution in [0.25, 0.3) is 54.9 Å². The Labute approximate surface area is 343 Å². The predicted molar refractivity (Wildman–Crippen MR) is 244 cm³/mol. The molecule has 0 N–H and O–H groups in total. The largest absolute Gasteiger partial charge is 0.457 e. The molecule has 59 heavy (non-hydrogen) atoms. The Morgan fingerprint density at radius 1 is 0.305 bits per heavy atom. The van der Waals surface area contributed by atoms with Gasteiger partial charge in [-0.05, 0) is 121 Å². The Kier molecular flexibility index (Phi) is 7.48. The summed E-state index contributed by atoms with van der Waals surface area (Å²) in [4.78, 5) is 2.41. The fourth-order valence-corrected chi connectivity index (χ4v) is 9.90. The van der Waals surface area contributed by atoms with Gasteiger partial charge in [0, 0.05) is 28.2 Å². The lowest BCUT2D eigenvalue weighted by Gasteiger charge is -2.39. The van der Waals surface area contributed by atoms with Gasteiger partial charge in [-0.15, -0.1) is 0 Å². The van der Waals surface area contributed by atoms with Crippen LogP contribution in [0, 0.1) is 0 Å². The Morgan fingerprint density at radius 3 is 1.61 bits per heavy atom. The molecule has 0 unspecified atom stereocenters. The van der Waals surface area contributed by atoms with E-state index in [0.29, 0.717) is 0 Å². The van der Waals surface area contributed by atoms with Crippen LogP contribution in [-0.4, -0.2) is 0 Å². The highest BCUT2D eigenvalue weighted by molar-refractivity contribution is 5.98. The molecule has 0 amide bonds. The van der Waals surface area contributed by atoms with Crippen molar-refractivity contribution in [2.24, 2.45) is 0 Å². The summed E-state index contributed by atoms with van der Waals surface area (Å²) in [5.41, 5.74) is 15.0. The molecular formula is C57H37NO. The molecule has 2 aliphatic rings. The van der Waals surface area contributed by atoms with E-state index in [1.165, 1.54) is 77.2 Å². The molecular weight excluding hydrogens is 715 g/mol. The lowest BCUT2D eigenvalue weighted by atomic mass is 9.66. The first-order chi connectivity index (χ1) is 29.2. The average Bonchev–Trinajstić information content (AvgIpc) is 3.60. The van der Waals surface area contributed by atoms with Crippen molar-refractivity contribution in [3.63, 3.8) is 0 Å². The van der Waals surface area contributed by atoms with Gasteiger partial charge >= 0.3 is 0 Å². The van der Waals surface area contributed by atoms with Crippen LogP contribution in [0.4, 0.5) is 17.1 Å². The van der Waals surface area contributed by atoms with Gasteiger partial charge in [-0.2, -0.15) is 0 Å². The fraction of sp³-hybridized carbons (Fsp3) is 0.0175. The van der Waals surface area contributed by atoms with Crippen LogP contribution in [0.15, 0.2) is 224 Å². The second-order valence-corrected chi connectivity index (χ2v) is 15.6. The van der Waals surface area contributed by atoms with Crippen LogP contribution < -0.4 is 9.64 Å². The highest BCUT2D eigenvalue weighted by atomic mass is 16.5. The standard InChI is InChI=1S/C57H37NO/c1-2-14-38(15-3-1)41-28-29-43-36-47(33-31-42(43)34-41)58(46-32-30-39-16-4-5-17-40(39)35-46)45-19-12-18-44(37-45)48-21-13-25-53-56(48)49-20-6-7-22-50(49)57(53)51-23-8-10-26-54(51)59-55-27-11-9-24-52(55)57/h1-37H. The molecule has 2 nitrogen and oxygen atoms in total. The van der Waals surface area contributed by atoms with E-state index in [4.69, 9.17) is 4.74 Å². The number of fused-ring (bicyclic) bond motifs is 11. The number of nitrogens with zero attached hydrogens (tertiary/aromatic N) is 1. The molecule has 1 aliphatic heterocycles. The molecule has 0 aromatic heterocycles. The summed E-state index contributed by atoms with van der Waals surface area (Å²) in [6, 6.07) is 81.7. The molecule has 1 aliphatic carbocycles.